The fourth-order valence-electron chi connectivity index (χ4n) is 2.17. The van der Waals surface area contributed by atoms with Gasteiger partial charge in [0, 0.05) is 25.3 Å². The van der Waals surface area contributed by atoms with E-state index in [1.165, 1.54) is 12.8 Å². The Morgan fingerprint density at radius 3 is 3.00 bits per heavy atom. The molecular formula is C13H21N3O. The first kappa shape index (κ1) is 12.2. The molecule has 1 atom stereocenters. The van der Waals surface area contributed by atoms with E-state index in [9.17, 15) is 4.79 Å². The van der Waals surface area contributed by atoms with Gasteiger partial charge in [0.15, 0.2) is 0 Å². The predicted octanol–water partition coefficient (Wildman–Crippen LogP) is 1.37. The molecule has 4 heteroatoms. The van der Waals surface area contributed by atoms with Gasteiger partial charge >= 0.3 is 0 Å². The Kier molecular flexibility index (Phi) is 3.84. The minimum absolute atomic E-state index is 0.00537. The first-order valence-electron chi connectivity index (χ1n) is 6.42. The molecule has 1 aromatic heterocycles. The molecule has 2 rings (SSSR count). The summed E-state index contributed by atoms with van der Waals surface area (Å²) in [7, 11) is 0. The van der Waals surface area contributed by atoms with Crippen molar-refractivity contribution in [1.82, 2.24) is 9.88 Å². The van der Waals surface area contributed by atoms with Gasteiger partial charge < -0.3 is 15.6 Å². The molecule has 1 aromatic rings. The number of hydrogen-bond donors (Lipinski definition) is 2. The van der Waals surface area contributed by atoms with Crippen molar-refractivity contribution in [2.45, 2.75) is 38.8 Å². The van der Waals surface area contributed by atoms with Crippen molar-refractivity contribution < 1.29 is 4.79 Å². The van der Waals surface area contributed by atoms with E-state index in [4.69, 9.17) is 5.73 Å². The third-order valence-corrected chi connectivity index (χ3v) is 3.29. The Hall–Kier alpha value is -1.29. The van der Waals surface area contributed by atoms with Crippen molar-refractivity contribution in [1.29, 1.82) is 0 Å². The van der Waals surface area contributed by atoms with Crippen molar-refractivity contribution in [3.63, 3.8) is 0 Å². The van der Waals surface area contributed by atoms with Crippen LogP contribution in [0.3, 0.4) is 0 Å². The second kappa shape index (κ2) is 5.36. The summed E-state index contributed by atoms with van der Waals surface area (Å²) in [6, 6.07) is 3.93. The van der Waals surface area contributed by atoms with Crippen molar-refractivity contribution in [3.05, 3.63) is 24.0 Å². The van der Waals surface area contributed by atoms with Gasteiger partial charge in [-0.25, -0.2) is 0 Å². The van der Waals surface area contributed by atoms with E-state index in [-0.39, 0.29) is 11.9 Å². The lowest BCUT2D eigenvalue weighted by atomic mass is 10.2. The molecule has 0 aliphatic heterocycles. The first-order valence-corrected chi connectivity index (χ1v) is 6.42. The third kappa shape index (κ3) is 2.88. The van der Waals surface area contributed by atoms with Crippen molar-refractivity contribution in [2.24, 2.45) is 11.7 Å². The standard InChI is InChI=1S/C13H21N3O/c1-2-7-16-8-3-4-12(16)13(17)15-11(9-14)10-5-6-10/h3-4,8,10-11H,2,5-7,9,14H2,1H3,(H,15,17). The van der Waals surface area contributed by atoms with Crippen molar-refractivity contribution in [2.75, 3.05) is 6.54 Å². The van der Waals surface area contributed by atoms with Crippen LogP contribution in [0.4, 0.5) is 0 Å². The molecule has 1 fully saturated rings. The van der Waals surface area contributed by atoms with Crippen LogP contribution in [0, 0.1) is 5.92 Å². The highest BCUT2D eigenvalue weighted by Crippen LogP contribution is 2.32. The lowest BCUT2D eigenvalue weighted by Crippen LogP contribution is -2.42. The summed E-state index contributed by atoms with van der Waals surface area (Å²) in [5, 5.41) is 3.05. The van der Waals surface area contributed by atoms with Crippen LogP contribution in [0.25, 0.3) is 0 Å². The minimum atomic E-state index is 0.00537. The molecule has 17 heavy (non-hydrogen) atoms. The molecule has 4 nitrogen and oxygen atoms in total. The molecule has 94 valence electrons. The number of carbonyl (C=O) groups is 1. The smallest absolute Gasteiger partial charge is 0.268 e. The summed E-state index contributed by atoms with van der Waals surface area (Å²) < 4.78 is 2.00. The van der Waals surface area contributed by atoms with Crippen LogP contribution in [0.2, 0.25) is 0 Å². The minimum Gasteiger partial charge on any atom is -0.346 e. The molecule has 0 spiro atoms. The predicted molar refractivity (Wildman–Crippen MR) is 67.8 cm³/mol. The van der Waals surface area contributed by atoms with E-state index in [1.807, 2.05) is 22.9 Å². The summed E-state index contributed by atoms with van der Waals surface area (Å²) in [6.07, 6.45) is 5.36. The summed E-state index contributed by atoms with van der Waals surface area (Å²) in [5.41, 5.74) is 6.43. The number of aromatic nitrogens is 1. The van der Waals surface area contributed by atoms with Crippen LogP contribution in [0.15, 0.2) is 18.3 Å². The Morgan fingerprint density at radius 2 is 2.41 bits per heavy atom. The number of amides is 1. The molecule has 3 N–H and O–H groups in total. The van der Waals surface area contributed by atoms with E-state index in [0.717, 1.165) is 18.7 Å². The molecule has 1 amide bonds. The van der Waals surface area contributed by atoms with Gasteiger partial charge in [0.05, 0.1) is 0 Å². The van der Waals surface area contributed by atoms with Gasteiger partial charge in [-0.15, -0.1) is 0 Å². The molecule has 1 unspecified atom stereocenters. The maximum atomic E-state index is 12.1. The van der Waals surface area contributed by atoms with E-state index in [1.54, 1.807) is 0 Å². The SMILES string of the molecule is CCCn1cccc1C(=O)NC(CN)C1CC1. The fraction of sp³-hybridized carbons (Fsp3) is 0.615. The van der Waals surface area contributed by atoms with Crippen LogP contribution >= 0.6 is 0 Å². The molecule has 0 aromatic carbocycles. The highest BCUT2D eigenvalue weighted by Gasteiger charge is 2.31. The number of aryl methyl sites for hydroxylation is 1. The monoisotopic (exact) mass is 235 g/mol. The normalized spacial score (nSPS) is 16.8. The zero-order valence-electron chi connectivity index (χ0n) is 10.4. The number of nitrogens with zero attached hydrogens (tertiary/aromatic N) is 1. The summed E-state index contributed by atoms with van der Waals surface area (Å²) in [4.78, 5) is 12.1. The second-order valence-corrected chi connectivity index (χ2v) is 4.74. The zero-order valence-corrected chi connectivity index (χ0v) is 10.4. The van der Waals surface area contributed by atoms with Crippen LogP contribution in [0.1, 0.15) is 36.7 Å². The average Bonchev–Trinajstić information content (AvgIpc) is 3.06. The van der Waals surface area contributed by atoms with Gasteiger partial charge in [-0.05, 0) is 37.3 Å². The van der Waals surface area contributed by atoms with Crippen molar-refractivity contribution >= 4 is 5.91 Å². The average molecular weight is 235 g/mol. The molecule has 0 saturated heterocycles. The first-order chi connectivity index (χ1) is 8.26. The van der Waals surface area contributed by atoms with Crippen LogP contribution in [0.5, 0.6) is 0 Å². The molecule has 0 radical (unpaired) electrons. The summed E-state index contributed by atoms with van der Waals surface area (Å²) >= 11 is 0. The lowest BCUT2D eigenvalue weighted by Gasteiger charge is -2.16. The molecule has 1 aliphatic rings. The van der Waals surface area contributed by atoms with Crippen LogP contribution < -0.4 is 11.1 Å². The van der Waals surface area contributed by atoms with E-state index in [0.29, 0.717) is 12.5 Å². The zero-order chi connectivity index (χ0) is 12.3. The maximum Gasteiger partial charge on any atom is 0.268 e. The van der Waals surface area contributed by atoms with Gasteiger partial charge in [-0.2, -0.15) is 0 Å². The molecule has 1 aliphatic carbocycles. The van der Waals surface area contributed by atoms with Gasteiger partial charge in [0.2, 0.25) is 0 Å². The van der Waals surface area contributed by atoms with E-state index in [2.05, 4.69) is 12.2 Å². The number of nitrogens with one attached hydrogen (secondary N) is 1. The van der Waals surface area contributed by atoms with Crippen molar-refractivity contribution in [3.8, 4) is 0 Å². The topological polar surface area (TPSA) is 60.0 Å². The van der Waals surface area contributed by atoms with Gasteiger partial charge in [-0.3, -0.25) is 4.79 Å². The van der Waals surface area contributed by atoms with E-state index >= 15 is 0 Å². The number of hydrogen-bond acceptors (Lipinski definition) is 2. The number of carbonyl (C=O) groups excluding carboxylic acids is 1. The van der Waals surface area contributed by atoms with Gasteiger partial charge in [0.25, 0.3) is 5.91 Å². The third-order valence-electron chi connectivity index (χ3n) is 3.29. The molecule has 1 heterocycles. The van der Waals surface area contributed by atoms with Crippen LogP contribution in [-0.4, -0.2) is 23.1 Å². The maximum absolute atomic E-state index is 12.1. The summed E-state index contributed by atoms with van der Waals surface area (Å²) in [5.74, 6) is 0.601. The fourth-order valence-corrected chi connectivity index (χ4v) is 2.17. The number of nitrogens with two attached hydrogens (primary N) is 1. The van der Waals surface area contributed by atoms with E-state index < -0.39 is 0 Å². The Balaban J connectivity index is 2.00. The van der Waals surface area contributed by atoms with Gasteiger partial charge in [0.1, 0.15) is 5.69 Å². The highest BCUT2D eigenvalue weighted by atomic mass is 16.2. The highest BCUT2D eigenvalue weighted by molar-refractivity contribution is 5.93. The molecule has 0 bridgehead atoms. The second-order valence-electron chi connectivity index (χ2n) is 4.74. The molecular weight excluding hydrogens is 214 g/mol. The quantitative estimate of drug-likeness (QED) is 0.782. The van der Waals surface area contributed by atoms with Crippen LogP contribution in [-0.2, 0) is 6.54 Å². The Bertz CT molecular complexity index is 382. The summed E-state index contributed by atoms with van der Waals surface area (Å²) in [6.45, 7) is 3.52. The Labute approximate surface area is 102 Å². The number of rotatable bonds is 6. The molecule has 1 saturated carbocycles. The Morgan fingerprint density at radius 1 is 1.65 bits per heavy atom. The lowest BCUT2D eigenvalue weighted by molar-refractivity contribution is 0.0924. The largest absolute Gasteiger partial charge is 0.346 e. The van der Waals surface area contributed by atoms with Gasteiger partial charge in [-0.1, -0.05) is 6.92 Å².